The number of halogens is 15. The summed E-state index contributed by atoms with van der Waals surface area (Å²) in [6, 6.07) is 0. The Morgan fingerprint density at radius 1 is 0.735 bits per heavy atom. The fourth-order valence-electron chi connectivity index (χ4n) is 1.72. The van der Waals surface area contributed by atoms with Crippen LogP contribution in [-0.4, -0.2) is 65.4 Å². The highest BCUT2D eigenvalue weighted by molar-refractivity contribution is 5.94. The van der Waals surface area contributed by atoms with Crippen molar-refractivity contribution < 1.29 is 85.3 Å². The van der Waals surface area contributed by atoms with Gasteiger partial charge in [0.15, 0.2) is 6.61 Å². The molecule has 4 nitrogen and oxygen atoms in total. The second-order valence-corrected chi connectivity index (χ2v) is 6.31. The first kappa shape index (κ1) is 31.4. The maximum absolute atomic E-state index is 13.5. The fraction of sp³-hybridized carbons (Fsp3) is 0.600. The van der Waals surface area contributed by atoms with Crippen LogP contribution in [-0.2, 0) is 14.3 Å². The van der Waals surface area contributed by atoms with Gasteiger partial charge in [0.05, 0.1) is 5.57 Å². The molecule has 0 aromatic heterocycles. The second-order valence-electron chi connectivity index (χ2n) is 6.31. The molecule has 0 aromatic carbocycles. The van der Waals surface area contributed by atoms with Crippen LogP contribution >= 0.6 is 0 Å². The van der Waals surface area contributed by atoms with Gasteiger partial charge in [-0.2, -0.15) is 65.9 Å². The first-order chi connectivity index (χ1) is 14.6. The third-order valence-electron chi connectivity index (χ3n) is 3.77. The summed E-state index contributed by atoms with van der Waals surface area (Å²) in [4.78, 5) is 21.8. The van der Waals surface area contributed by atoms with Crippen LogP contribution in [0.2, 0.25) is 0 Å². The summed E-state index contributed by atoms with van der Waals surface area (Å²) in [5, 5.41) is 8.50. The highest BCUT2D eigenvalue weighted by atomic mass is 19.4. The Bertz CT molecular complexity index is 854. The van der Waals surface area contributed by atoms with E-state index in [1.54, 1.807) is 0 Å². The van der Waals surface area contributed by atoms with Crippen molar-refractivity contribution in [1.29, 1.82) is 0 Å². The van der Waals surface area contributed by atoms with E-state index in [0.717, 1.165) is 6.92 Å². The number of alkyl halides is 15. The van der Waals surface area contributed by atoms with Crippen molar-refractivity contribution in [2.75, 3.05) is 6.61 Å². The SMILES string of the molecule is C=C(C=C(C)C(=O)O)C(=O)OCC(F)(F)C(F)(F)C(F)(F)C(F)(F)C(F)(F)C(F)(F)C(F)(F)F. The number of carbonyl (C=O) groups is 2. The minimum atomic E-state index is -8.46. The van der Waals surface area contributed by atoms with Crippen LogP contribution in [0.1, 0.15) is 6.92 Å². The van der Waals surface area contributed by atoms with Crippen LogP contribution in [0.5, 0.6) is 0 Å². The summed E-state index contributed by atoms with van der Waals surface area (Å²) >= 11 is 0. The summed E-state index contributed by atoms with van der Waals surface area (Å²) in [7, 11) is 0. The average Bonchev–Trinajstić information content (AvgIpc) is 2.63. The van der Waals surface area contributed by atoms with Gasteiger partial charge in [-0.15, -0.1) is 0 Å². The smallest absolute Gasteiger partial charge is 0.460 e. The van der Waals surface area contributed by atoms with Crippen LogP contribution < -0.4 is 0 Å². The number of carboxylic acids is 1. The maximum Gasteiger partial charge on any atom is 0.460 e. The van der Waals surface area contributed by atoms with Crippen molar-refractivity contribution >= 4 is 11.9 Å². The van der Waals surface area contributed by atoms with E-state index in [2.05, 4.69) is 11.3 Å². The van der Waals surface area contributed by atoms with Crippen molar-refractivity contribution in [3.05, 3.63) is 23.8 Å². The quantitative estimate of drug-likeness (QED) is 0.173. The molecular weight excluding hydrogens is 529 g/mol. The third-order valence-corrected chi connectivity index (χ3v) is 3.77. The number of carboxylic acid groups (broad SMARTS) is 1. The van der Waals surface area contributed by atoms with Crippen molar-refractivity contribution in [3.8, 4) is 0 Å². The van der Waals surface area contributed by atoms with Crippen LogP contribution in [0.15, 0.2) is 23.8 Å². The summed E-state index contributed by atoms with van der Waals surface area (Å²) < 4.78 is 198. The number of esters is 1. The van der Waals surface area contributed by atoms with Gasteiger partial charge in [0.25, 0.3) is 0 Å². The molecule has 0 unspecified atom stereocenters. The molecule has 0 aliphatic rings. The fourth-order valence-corrected chi connectivity index (χ4v) is 1.72. The Labute approximate surface area is 177 Å². The molecule has 1 N–H and O–H groups in total. The lowest BCUT2D eigenvalue weighted by atomic mass is 9.91. The van der Waals surface area contributed by atoms with Crippen LogP contribution in [0, 0.1) is 0 Å². The molecule has 0 rings (SSSR count). The Hall–Kier alpha value is -2.63. The second kappa shape index (κ2) is 8.86. The number of hydrogen-bond donors (Lipinski definition) is 1. The van der Waals surface area contributed by atoms with Gasteiger partial charge >= 0.3 is 53.7 Å². The normalized spacial score (nSPS) is 15.2. The summed E-state index contributed by atoms with van der Waals surface area (Å²) in [6.45, 7) is 0.131. The van der Waals surface area contributed by atoms with Crippen LogP contribution in [0.3, 0.4) is 0 Å². The number of aliphatic carboxylic acids is 1. The van der Waals surface area contributed by atoms with Gasteiger partial charge in [-0.25, -0.2) is 9.59 Å². The van der Waals surface area contributed by atoms with E-state index in [0.29, 0.717) is 0 Å². The highest BCUT2D eigenvalue weighted by Crippen LogP contribution is 2.62. The maximum atomic E-state index is 13.5. The average molecular weight is 538 g/mol. The zero-order chi connectivity index (χ0) is 27.9. The Morgan fingerprint density at radius 2 is 1.09 bits per heavy atom. The monoisotopic (exact) mass is 538 g/mol. The van der Waals surface area contributed by atoms with Gasteiger partial charge in [-0.3, -0.25) is 0 Å². The molecule has 19 heteroatoms. The highest BCUT2D eigenvalue weighted by Gasteiger charge is 2.93. The summed E-state index contributed by atoms with van der Waals surface area (Å²) in [6.07, 6.45) is -7.45. The predicted molar refractivity (Wildman–Crippen MR) is 77.2 cm³/mol. The van der Waals surface area contributed by atoms with Gasteiger partial charge in [-0.05, 0) is 13.0 Å². The number of ether oxygens (including phenoxy) is 1. The van der Waals surface area contributed by atoms with Crippen molar-refractivity contribution in [1.82, 2.24) is 0 Å². The number of hydrogen-bond acceptors (Lipinski definition) is 3. The molecule has 0 saturated heterocycles. The van der Waals surface area contributed by atoms with E-state index < -0.39 is 71.4 Å². The van der Waals surface area contributed by atoms with E-state index in [4.69, 9.17) is 5.11 Å². The minimum Gasteiger partial charge on any atom is -0.478 e. The predicted octanol–water partition coefficient (Wildman–Crippen LogP) is 5.49. The van der Waals surface area contributed by atoms with Crippen LogP contribution in [0.4, 0.5) is 65.9 Å². The zero-order valence-corrected chi connectivity index (χ0v) is 15.8. The molecule has 0 aromatic rings. The lowest BCUT2D eigenvalue weighted by Crippen LogP contribution is -2.73. The Kier molecular flexibility index (Phi) is 8.18. The molecule has 0 fully saturated rings. The minimum absolute atomic E-state index is 0.267. The van der Waals surface area contributed by atoms with Gasteiger partial charge < -0.3 is 9.84 Å². The van der Waals surface area contributed by atoms with Crippen LogP contribution in [0.25, 0.3) is 0 Å². The molecule has 0 bridgehead atoms. The Balaban J connectivity index is 6.14. The number of carbonyl (C=O) groups excluding carboxylic acids is 1. The van der Waals surface area contributed by atoms with Crippen molar-refractivity contribution in [2.24, 2.45) is 0 Å². The molecule has 0 heterocycles. The first-order valence-electron chi connectivity index (χ1n) is 7.74. The molecule has 0 radical (unpaired) electrons. The third kappa shape index (κ3) is 4.91. The molecule has 34 heavy (non-hydrogen) atoms. The topological polar surface area (TPSA) is 63.6 Å². The largest absolute Gasteiger partial charge is 0.478 e. The molecule has 0 aliphatic carbocycles. The van der Waals surface area contributed by atoms with Crippen molar-refractivity contribution in [3.63, 3.8) is 0 Å². The lowest BCUT2D eigenvalue weighted by molar-refractivity contribution is -0.453. The van der Waals surface area contributed by atoms with E-state index in [-0.39, 0.29) is 6.08 Å². The van der Waals surface area contributed by atoms with Gasteiger partial charge in [0, 0.05) is 5.57 Å². The molecule has 0 aliphatic heterocycles. The molecule has 0 spiro atoms. The van der Waals surface area contributed by atoms with Crippen molar-refractivity contribution in [2.45, 2.75) is 48.6 Å². The van der Waals surface area contributed by atoms with Gasteiger partial charge in [0.2, 0.25) is 0 Å². The van der Waals surface area contributed by atoms with Gasteiger partial charge in [-0.1, -0.05) is 6.58 Å². The molecule has 0 amide bonds. The van der Waals surface area contributed by atoms with E-state index in [9.17, 15) is 75.4 Å². The standard InChI is InChI=1S/C15H9F15O4/c1-5(7(31)32)3-6(2)8(33)34-4-9(16,17)10(18,19)11(20,21)12(22,23)13(24,25)14(26,27)15(28,29)30/h3H,2,4H2,1H3,(H,31,32). The van der Waals surface area contributed by atoms with E-state index in [1.165, 1.54) is 0 Å². The first-order valence-corrected chi connectivity index (χ1v) is 7.74. The summed E-state index contributed by atoms with van der Waals surface area (Å²) in [5.41, 5.74) is -1.97. The molecular formula is C15H9F15O4. The zero-order valence-electron chi connectivity index (χ0n) is 15.8. The van der Waals surface area contributed by atoms with E-state index >= 15 is 0 Å². The molecule has 0 saturated carbocycles. The lowest BCUT2D eigenvalue weighted by Gasteiger charge is -2.41. The molecule has 198 valence electrons. The molecule has 0 atom stereocenters. The van der Waals surface area contributed by atoms with E-state index in [1.807, 2.05) is 0 Å². The number of rotatable bonds is 10. The van der Waals surface area contributed by atoms with Gasteiger partial charge in [0.1, 0.15) is 0 Å². The Morgan fingerprint density at radius 3 is 1.44 bits per heavy atom. The summed E-state index contributed by atoms with van der Waals surface area (Å²) in [5.74, 6) is -51.9.